The number of carbonyl (C=O) groups excluding carboxylic acids is 1. The number of nitrogens with one attached hydrogen (secondary N) is 1. The average molecular weight is 292 g/mol. The molecular formula is C12H12N4O5. The van der Waals surface area contributed by atoms with Crippen molar-refractivity contribution in [1.82, 2.24) is 5.43 Å². The van der Waals surface area contributed by atoms with E-state index in [-0.39, 0.29) is 5.56 Å². The zero-order chi connectivity index (χ0) is 15.6. The minimum absolute atomic E-state index is 0.178. The lowest BCUT2D eigenvalue weighted by molar-refractivity contribution is -0.394. The summed E-state index contributed by atoms with van der Waals surface area (Å²) in [5.41, 5.74) is 1.81. The lowest BCUT2D eigenvalue weighted by Gasteiger charge is -2.02. The van der Waals surface area contributed by atoms with E-state index in [1.165, 1.54) is 0 Å². The summed E-state index contributed by atoms with van der Waals surface area (Å²) in [6, 6.07) is 2.75. The molecule has 1 fully saturated rings. The number of non-ortho nitro benzene ring substituents is 2. The summed E-state index contributed by atoms with van der Waals surface area (Å²) < 4.78 is 0. The number of hydrogen-bond acceptors (Lipinski definition) is 6. The molecule has 1 saturated carbocycles. The van der Waals surface area contributed by atoms with Gasteiger partial charge < -0.3 is 0 Å². The Balaban J connectivity index is 2.24. The van der Waals surface area contributed by atoms with Crippen molar-refractivity contribution in [1.29, 1.82) is 0 Å². The maximum atomic E-state index is 11.9. The van der Waals surface area contributed by atoms with Crippen LogP contribution >= 0.6 is 0 Å². The Morgan fingerprint density at radius 3 is 2.14 bits per heavy atom. The molecule has 0 saturated heterocycles. The molecule has 21 heavy (non-hydrogen) atoms. The Hall–Kier alpha value is -2.84. The van der Waals surface area contributed by atoms with E-state index in [0.29, 0.717) is 5.92 Å². The third-order valence-electron chi connectivity index (χ3n) is 3.09. The van der Waals surface area contributed by atoms with Gasteiger partial charge in [-0.2, -0.15) is 5.10 Å². The Morgan fingerprint density at radius 1 is 1.19 bits per heavy atom. The van der Waals surface area contributed by atoms with E-state index in [0.717, 1.165) is 36.8 Å². The molecule has 1 aromatic rings. The van der Waals surface area contributed by atoms with Crippen LogP contribution in [0.15, 0.2) is 23.3 Å². The molecular weight excluding hydrogens is 280 g/mol. The van der Waals surface area contributed by atoms with Crippen LogP contribution in [0.3, 0.4) is 0 Å². The van der Waals surface area contributed by atoms with Crippen molar-refractivity contribution in [2.45, 2.75) is 19.8 Å². The molecule has 1 aliphatic carbocycles. The van der Waals surface area contributed by atoms with Crippen LogP contribution in [0.25, 0.3) is 0 Å². The largest absolute Gasteiger partial charge is 0.277 e. The molecule has 1 amide bonds. The number of benzene rings is 1. The fraction of sp³-hybridized carbons (Fsp3) is 0.333. The van der Waals surface area contributed by atoms with Gasteiger partial charge in [-0.25, -0.2) is 5.43 Å². The maximum Gasteiger partial charge on any atom is 0.277 e. The average Bonchev–Trinajstić information content (AvgIpc) is 3.28. The number of carbonyl (C=O) groups is 1. The topological polar surface area (TPSA) is 128 Å². The highest BCUT2D eigenvalue weighted by Crippen LogP contribution is 2.30. The third kappa shape index (κ3) is 3.59. The van der Waals surface area contributed by atoms with Gasteiger partial charge in [0.25, 0.3) is 17.3 Å². The van der Waals surface area contributed by atoms with Crippen molar-refractivity contribution in [2.24, 2.45) is 11.0 Å². The molecule has 1 N–H and O–H groups in total. The third-order valence-corrected chi connectivity index (χ3v) is 3.09. The van der Waals surface area contributed by atoms with Crippen molar-refractivity contribution in [2.75, 3.05) is 0 Å². The lowest BCUT2D eigenvalue weighted by Crippen LogP contribution is -2.19. The second kappa shape index (κ2) is 5.65. The molecule has 0 atom stereocenters. The molecule has 0 heterocycles. The van der Waals surface area contributed by atoms with Gasteiger partial charge in [-0.1, -0.05) is 0 Å². The Bertz CT molecular complexity index is 619. The van der Waals surface area contributed by atoms with Crippen molar-refractivity contribution < 1.29 is 14.6 Å². The monoisotopic (exact) mass is 292 g/mol. The van der Waals surface area contributed by atoms with E-state index in [9.17, 15) is 25.0 Å². The first-order chi connectivity index (χ1) is 9.88. The highest BCUT2D eigenvalue weighted by Gasteiger charge is 2.25. The molecule has 0 spiro atoms. The summed E-state index contributed by atoms with van der Waals surface area (Å²) >= 11 is 0. The summed E-state index contributed by atoms with van der Waals surface area (Å²) in [7, 11) is 0. The lowest BCUT2D eigenvalue weighted by atomic mass is 10.1. The highest BCUT2D eigenvalue weighted by molar-refractivity contribution is 5.96. The van der Waals surface area contributed by atoms with Crippen LogP contribution in [-0.2, 0) is 0 Å². The normalized spacial score (nSPS) is 14.6. The summed E-state index contributed by atoms with van der Waals surface area (Å²) in [5, 5.41) is 25.4. The van der Waals surface area contributed by atoms with Gasteiger partial charge in [0.05, 0.1) is 21.5 Å². The summed E-state index contributed by atoms with van der Waals surface area (Å²) in [6.07, 6.45) is 2.04. The van der Waals surface area contributed by atoms with Gasteiger partial charge in [0.2, 0.25) is 0 Å². The molecule has 0 aliphatic heterocycles. The molecule has 2 rings (SSSR count). The predicted octanol–water partition coefficient (Wildman–Crippen LogP) is 2.02. The maximum absolute atomic E-state index is 11.9. The Labute approximate surface area is 118 Å². The number of nitro groups is 2. The first kappa shape index (κ1) is 14.6. The van der Waals surface area contributed by atoms with E-state index < -0.39 is 27.1 Å². The first-order valence-electron chi connectivity index (χ1n) is 6.17. The highest BCUT2D eigenvalue weighted by atomic mass is 16.6. The van der Waals surface area contributed by atoms with E-state index in [2.05, 4.69) is 10.5 Å². The van der Waals surface area contributed by atoms with Crippen LogP contribution in [0.2, 0.25) is 0 Å². The minimum Gasteiger partial charge on any atom is -0.267 e. The molecule has 110 valence electrons. The van der Waals surface area contributed by atoms with Crippen LogP contribution in [0, 0.1) is 26.1 Å². The van der Waals surface area contributed by atoms with Gasteiger partial charge in [0, 0.05) is 17.8 Å². The number of amides is 1. The van der Waals surface area contributed by atoms with E-state index in [1.54, 1.807) is 6.92 Å². The van der Waals surface area contributed by atoms with E-state index in [4.69, 9.17) is 0 Å². The second-order valence-electron chi connectivity index (χ2n) is 4.72. The van der Waals surface area contributed by atoms with Gasteiger partial charge in [0.15, 0.2) is 0 Å². The summed E-state index contributed by atoms with van der Waals surface area (Å²) in [4.78, 5) is 31.8. The first-order valence-corrected chi connectivity index (χ1v) is 6.17. The van der Waals surface area contributed by atoms with Crippen LogP contribution in [0.4, 0.5) is 11.4 Å². The summed E-state index contributed by atoms with van der Waals surface area (Å²) in [5.74, 6) is -0.355. The van der Waals surface area contributed by atoms with Gasteiger partial charge in [-0.15, -0.1) is 0 Å². The van der Waals surface area contributed by atoms with Crippen LogP contribution in [0.5, 0.6) is 0 Å². The Kier molecular flexibility index (Phi) is 3.92. The zero-order valence-electron chi connectivity index (χ0n) is 11.1. The van der Waals surface area contributed by atoms with Gasteiger partial charge in [0.1, 0.15) is 0 Å². The van der Waals surface area contributed by atoms with E-state index >= 15 is 0 Å². The standard InChI is InChI=1S/C12H12N4O5/c1-7(8-2-3-8)13-14-12(17)9-4-10(15(18)19)6-11(5-9)16(20)21/h4-6,8H,2-3H2,1H3,(H,14,17). The number of nitrogens with zero attached hydrogens (tertiary/aromatic N) is 3. The molecule has 0 bridgehead atoms. The summed E-state index contributed by atoms with van der Waals surface area (Å²) in [6.45, 7) is 1.77. The quantitative estimate of drug-likeness (QED) is 0.504. The van der Waals surface area contributed by atoms with Crippen LogP contribution < -0.4 is 5.43 Å². The van der Waals surface area contributed by atoms with Gasteiger partial charge >= 0.3 is 0 Å². The second-order valence-corrected chi connectivity index (χ2v) is 4.72. The zero-order valence-corrected chi connectivity index (χ0v) is 11.1. The van der Waals surface area contributed by atoms with Crippen molar-refractivity contribution in [3.63, 3.8) is 0 Å². The fourth-order valence-corrected chi connectivity index (χ4v) is 1.73. The SMILES string of the molecule is CC(=NNC(=O)c1cc([N+](=O)[O-])cc([N+](=O)[O-])c1)C1CC1. The van der Waals surface area contributed by atoms with Crippen molar-refractivity contribution in [3.05, 3.63) is 44.0 Å². The number of hydrazone groups is 1. The molecule has 1 aromatic carbocycles. The van der Waals surface area contributed by atoms with E-state index in [1.807, 2.05) is 0 Å². The van der Waals surface area contributed by atoms with Crippen LogP contribution in [-0.4, -0.2) is 21.5 Å². The minimum atomic E-state index is -0.789. The predicted molar refractivity (Wildman–Crippen MR) is 73.1 cm³/mol. The smallest absolute Gasteiger partial charge is 0.267 e. The molecule has 9 heteroatoms. The molecule has 1 aliphatic rings. The van der Waals surface area contributed by atoms with Crippen LogP contribution in [0.1, 0.15) is 30.1 Å². The molecule has 0 radical (unpaired) electrons. The van der Waals surface area contributed by atoms with Crippen molar-refractivity contribution in [3.8, 4) is 0 Å². The number of rotatable bonds is 5. The fourth-order valence-electron chi connectivity index (χ4n) is 1.73. The van der Waals surface area contributed by atoms with Gasteiger partial charge in [-0.3, -0.25) is 25.0 Å². The molecule has 0 aromatic heterocycles. The number of nitro benzene ring substituents is 2. The van der Waals surface area contributed by atoms with Gasteiger partial charge in [-0.05, 0) is 25.7 Å². The van der Waals surface area contributed by atoms with Crippen molar-refractivity contribution >= 4 is 23.0 Å². The molecule has 0 unspecified atom stereocenters. The number of hydrogen-bond donors (Lipinski definition) is 1. The Morgan fingerprint density at radius 2 is 1.71 bits per heavy atom. The molecule has 9 nitrogen and oxygen atoms in total.